The largest absolute Gasteiger partial charge is 0.375 e. The predicted octanol–water partition coefficient (Wildman–Crippen LogP) is 2.57. The number of nitrogens with zero attached hydrogens (tertiary/aromatic N) is 2. The molecule has 0 N–H and O–H groups in total. The Labute approximate surface area is 114 Å². The predicted molar refractivity (Wildman–Crippen MR) is 72.3 cm³/mol. The van der Waals surface area contributed by atoms with Crippen molar-refractivity contribution in [3.05, 3.63) is 17.0 Å². The van der Waals surface area contributed by atoms with E-state index >= 15 is 0 Å². The summed E-state index contributed by atoms with van der Waals surface area (Å²) in [4.78, 5) is 12.8. The van der Waals surface area contributed by atoms with E-state index in [0.29, 0.717) is 0 Å². The molecule has 1 saturated carbocycles. The molecular formula is C15H22N2O2. The molecule has 0 aromatic carbocycles. The fraction of sp³-hybridized carbons (Fsp3) is 0.733. The zero-order valence-electron chi connectivity index (χ0n) is 12.0. The maximum atomic E-state index is 12.8. The van der Waals surface area contributed by atoms with Gasteiger partial charge in [0.1, 0.15) is 0 Å². The molecule has 0 bridgehead atoms. The van der Waals surface area contributed by atoms with E-state index in [-0.39, 0.29) is 17.3 Å². The average molecular weight is 262 g/mol. The summed E-state index contributed by atoms with van der Waals surface area (Å²) in [5.74, 6) is 0.397. The van der Waals surface area contributed by atoms with Gasteiger partial charge in [-0.2, -0.15) is 5.10 Å². The van der Waals surface area contributed by atoms with E-state index in [2.05, 4.69) is 5.10 Å². The lowest BCUT2D eigenvalue weighted by Gasteiger charge is -2.46. The van der Waals surface area contributed by atoms with Crippen molar-refractivity contribution < 1.29 is 9.53 Å². The molecule has 1 aromatic rings. The molecule has 19 heavy (non-hydrogen) atoms. The highest BCUT2D eigenvalue weighted by Gasteiger charge is 2.44. The first-order valence-corrected chi connectivity index (χ1v) is 7.21. The second-order valence-electron chi connectivity index (χ2n) is 6.11. The summed E-state index contributed by atoms with van der Waals surface area (Å²) in [6.45, 7) is 4.64. The number of ketones is 1. The van der Waals surface area contributed by atoms with E-state index in [1.807, 2.05) is 20.9 Å². The fourth-order valence-corrected chi connectivity index (χ4v) is 3.51. The summed E-state index contributed by atoms with van der Waals surface area (Å²) < 4.78 is 7.72. The van der Waals surface area contributed by atoms with Gasteiger partial charge in [0.05, 0.1) is 16.9 Å². The highest BCUT2D eigenvalue weighted by Crippen LogP contribution is 2.45. The average Bonchev–Trinajstić information content (AvgIpc) is 2.61. The second-order valence-corrected chi connectivity index (χ2v) is 6.11. The third kappa shape index (κ3) is 2.02. The maximum absolute atomic E-state index is 12.8. The lowest BCUT2D eigenvalue weighted by atomic mass is 9.70. The smallest absolute Gasteiger partial charge is 0.169 e. The van der Waals surface area contributed by atoms with Gasteiger partial charge in [-0.15, -0.1) is 0 Å². The minimum atomic E-state index is 0.0304. The van der Waals surface area contributed by atoms with Crippen LogP contribution in [0.4, 0.5) is 0 Å². The van der Waals surface area contributed by atoms with Crippen LogP contribution in [0.3, 0.4) is 0 Å². The van der Waals surface area contributed by atoms with Crippen molar-refractivity contribution in [1.29, 1.82) is 0 Å². The van der Waals surface area contributed by atoms with Gasteiger partial charge in [-0.25, -0.2) is 0 Å². The molecule has 1 aromatic heterocycles. The molecule has 1 aliphatic heterocycles. The molecule has 4 heteroatoms. The van der Waals surface area contributed by atoms with Crippen LogP contribution in [-0.4, -0.2) is 27.8 Å². The Morgan fingerprint density at radius 3 is 2.68 bits per heavy atom. The van der Waals surface area contributed by atoms with Gasteiger partial charge in [0.25, 0.3) is 0 Å². The molecule has 3 rings (SSSR count). The summed E-state index contributed by atoms with van der Waals surface area (Å²) in [5, 5.41) is 4.36. The first-order chi connectivity index (χ1) is 9.02. The Morgan fingerprint density at radius 1 is 1.42 bits per heavy atom. The molecule has 1 spiro atoms. The molecule has 104 valence electrons. The van der Waals surface area contributed by atoms with Gasteiger partial charge >= 0.3 is 0 Å². The lowest BCUT2D eigenvalue weighted by molar-refractivity contribution is -0.137. The van der Waals surface area contributed by atoms with E-state index < -0.39 is 0 Å². The van der Waals surface area contributed by atoms with Gasteiger partial charge in [0.2, 0.25) is 0 Å². The van der Waals surface area contributed by atoms with Crippen molar-refractivity contribution in [1.82, 2.24) is 9.78 Å². The number of hydrogen-bond donors (Lipinski definition) is 0. The highest BCUT2D eigenvalue weighted by molar-refractivity contribution is 6.00. The molecule has 1 atom stereocenters. The first-order valence-electron chi connectivity index (χ1n) is 7.21. The normalized spacial score (nSPS) is 25.3. The summed E-state index contributed by atoms with van der Waals surface area (Å²) in [6, 6.07) is 0. The molecule has 2 aliphatic rings. The molecule has 1 unspecified atom stereocenters. The minimum absolute atomic E-state index is 0.0304. The van der Waals surface area contributed by atoms with Crippen LogP contribution in [0.25, 0.3) is 0 Å². The van der Waals surface area contributed by atoms with E-state index in [1.165, 1.54) is 6.42 Å². The van der Waals surface area contributed by atoms with Gasteiger partial charge < -0.3 is 4.74 Å². The van der Waals surface area contributed by atoms with Gasteiger partial charge in [-0.1, -0.05) is 0 Å². The zero-order chi connectivity index (χ0) is 13.6. The molecule has 4 nitrogen and oxygen atoms in total. The summed E-state index contributed by atoms with van der Waals surface area (Å²) in [7, 11) is 1.90. The highest BCUT2D eigenvalue weighted by atomic mass is 16.5. The Balaban J connectivity index is 1.83. The van der Waals surface area contributed by atoms with Crippen LogP contribution in [0.2, 0.25) is 0 Å². The summed E-state index contributed by atoms with van der Waals surface area (Å²) in [5.41, 5.74) is 2.71. The number of aromatic nitrogens is 2. The van der Waals surface area contributed by atoms with Crippen molar-refractivity contribution >= 4 is 5.78 Å². The van der Waals surface area contributed by atoms with Crippen LogP contribution in [0.5, 0.6) is 0 Å². The van der Waals surface area contributed by atoms with Crippen LogP contribution < -0.4 is 0 Å². The fourth-order valence-electron chi connectivity index (χ4n) is 3.51. The summed E-state index contributed by atoms with van der Waals surface area (Å²) >= 11 is 0. The van der Waals surface area contributed by atoms with E-state index in [9.17, 15) is 4.79 Å². The van der Waals surface area contributed by atoms with Crippen molar-refractivity contribution in [3.8, 4) is 0 Å². The molecule has 0 radical (unpaired) electrons. The zero-order valence-corrected chi connectivity index (χ0v) is 12.0. The van der Waals surface area contributed by atoms with Gasteiger partial charge in [-0.3, -0.25) is 9.48 Å². The van der Waals surface area contributed by atoms with Crippen molar-refractivity contribution in [2.75, 3.05) is 6.61 Å². The minimum Gasteiger partial charge on any atom is -0.375 e. The standard InChI is InChI=1S/C15H22N2O2/c1-10-13(11(2)17(3)16-10)14(18)12-5-8-19-15(9-12)6-4-7-15/h12H,4-9H2,1-3H3. The topological polar surface area (TPSA) is 44.1 Å². The number of ether oxygens (including phenoxy) is 1. The van der Waals surface area contributed by atoms with Crippen molar-refractivity contribution in [2.24, 2.45) is 13.0 Å². The third-order valence-electron chi connectivity index (χ3n) is 4.88. The molecule has 2 fully saturated rings. The molecule has 2 heterocycles. The Kier molecular flexibility index (Phi) is 3.01. The SMILES string of the molecule is Cc1nn(C)c(C)c1C(=O)C1CCOC2(CCC2)C1. The Morgan fingerprint density at radius 2 is 2.16 bits per heavy atom. The number of Topliss-reactive ketones (excluding diaryl/α,β-unsaturated/α-hetero) is 1. The second kappa shape index (κ2) is 4.44. The van der Waals surface area contributed by atoms with E-state index in [0.717, 1.165) is 49.2 Å². The number of carbonyl (C=O) groups is 1. The summed E-state index contributed by atoms with van der Waals surface area (Å²) in [6.07, 6.45) is 5.25. The number of rotatable bonds is 2. The molecule has 1 aliphatic carbocycles. The van der Waals surface area contributed by atoms with Crippen LogP contribution in [-0.2, 0) is 11.8 Å². The molecule has 1 saturated heterocycles. The monoisotopic (exact) mass is 262 g/mol. The van der Waals surface area contributed by atoms with Crippen LogP contribution in [0.1, 0.15) is 53.8 Å². The van der Waals surface area contributed by atoms with Crippen LogP contribution in [0.15, 0.2) is 0 Å². The molecular weight excluding hydrogens is 240 g/mol. The van der Waals surface area contributed by atoms with E-state index in [1.54, 1.807) is 4.68 Å². The number of carbonyl (C=O) groups excluding carboxylic acids is 1. The molecule has 0 amide bonds. The number of hydrogen-bond acceptors (Lipinski definition) is 3. The van der Waals surface area contributed by atoms with E-state index in [4.69, 9.17) is 4.74 Å². The lowest BCUT2D eigenvalue weighted by Crippen LogP contribution is -2.47. The van der Waals surface area contributed by atoms with Gasteiger partial charge in [0.15, 0.2) is 5.78 Å². The maximum Gasteiger partial charge on any atom is 0.169 e. The van der Waals surface area contributed by atoms with Crippen LogP contribution >= 0.6 is 0 Å². The van der Waals surface area contributed by atoms with Gasteiger partial charge in [-0.05, 0) is 46.0 Å². The number of aryl methyl sites for hydroxylation is 2. The quantitative estimate of drug-likeness (QED) is 0.769. The van der Waals surface area contributed by atoms with Crippen LogP contribution in [0, 0.1) is 19.8 Å². The first kappa shape index (κ1) is 12.9. The van der Waals surface area contributed by atoms with Crippen molar-refractivity contribution in [3.63, 3.8) is 0 Å². The van der Waals surface area contributed by atoms with Crippen molar-refractivity contribution in [2.45, 2.75) is 51.6 Å². The Bertz CT molecular complexity index is 514. The third-order valence-corrected chi connectivity index (χ3v) is 4.88. The Hall–Kier alpha value is -1.16. The van der Waals surface area contributed by atoms with Gasteiger partial charge in [0, 0.05) is 25.3 Å².